The molecule has 2 rings (SSSR count). The Morgan fingerprint density at radius 3 is 2.92 bits per heavy atom. The predicted molar refractivity (Wildman–Crippen MR) is 42.1 cm³/mol. The van der Waals surface area contributed by atoms with Crippen molar-refractivity contribution in [3.8, 4) is 0 Å². The summed E-state index contributed by atoms with van der Waals surface area (Å²) in [6.45, 7) is 1.50. The van der Waals surface area contributed by atoms with Gasteiger partial charge in [0.2, 0.25) is 5.89 Å². The summed E-state index contributed by atoms with van der Waals surface area (Å²) in [4.78, 5) is 0. The molecule has 0 N–H and O–H groups in total. The van der Waals surface area contributed by atoms with Gasteiger partial charge in [0.05, 0.1) is 12.5 Å². The number of ether oxygens (including phenoxy) is 1. The van der Waals surface area contributed by atoms with Crippen LogP contribution in [-0.4, -0.2) is 23.4 Å². The summed E-state index contributed by atoms with van der Waals surface area (Å²) in [5, 5.41) is 7.50. The lowest BCUT2D eigenvalue weighted by Gasteiger charge is -2.18. The third-order valence-electron chi connectivity index (χ3n) is 1.93. The lowest BCUT2D eigenvalue weighted by molar-refractivity contribution is 0.0725. The van der Waals surface area contributed by atoms with E-state index in [1.165, 1.54) is 0 Å². The topological polar surface area (TPSA) is 48.2 Å². The second kappa shape index (κ2) is 3.41. The van der Waals surface area contributed by atoms with E-state index in [2.05, 4.69) is 10.2 Å². The highest BCUT2D eigenvalue weighted by Crippen LogP contribution is 2.24. The first-order valence-corrected chi connectivity index (χ1v) is 4.30. The molecule has 1 aromatic rings. The van der Waals surface area contributed by atoms with Crippen LogP contribution < -0.4 is 0 Å². The quantitative estimate of drug-likeness (QED) is 0.672. The van der Waals surface area contributed by atoms with E-state index in [9.17, 15) is 0 Å². The number of aromatic nitrogens is 2. The van der Waals surface area contributed by atoms with E-state index in [-0.39, 0.29) is 11.3 Å². The van der Waals surface area contributed by atoms with Crippen LogP contribution in [0.25, 0.3) is 0 Å². The third kappa shape index (κ3) is 1.59. The maximum absolute atomic E-state index is 5.50. The Balaban J connectivity index is 2.08. The molecular formula is C7H9ClN2O2. The molecule has 5 heteroatoms. The maximum Gasteiger partial charge on any atom is 0.312 e. The average molecular weight is 189 g/mol. The molecular weight excluding hydrogens is 180 g/mol. The second-order valence-corrected chi connectivity index (χ2v) is 3.13. The van der Waals surface area contributed by atoms with Gasteiger partial charge in [0.25, 0.3) is 0 Å². The Kier molecular flexibility index (Phi) is 2.28. The molecule has 0 radical (unpaired) electrons. The molecule has 12 heavy (non-hydrogen) atoms. The Morgan fingerprint density at radius 1 is 1.42 bits per heavy atom. The van der Waals surface area contributed by atoms with E-state index >= 15 is 0 Å². The standard InChI is InChI=1S/C7H9ClN2O2/c8-7-10-9-6(12-7)5-2-1-3-11-4-5/h5H,1-4H2. The summed E-state index contributed by atoms with van der Waals surface area (Å²) in [5.74, 6) is 0.832. The first-order chi connectivity index (χ1) is 5.86. The van der Waals surface area contributed by atoms with Gasteiger partial charge >= 0.3 is 5.35 Å². The summed E-state index contributed by atoms with van der Waals surface area (Å²) in [7, 11) is 0. The number of halogens is 1. The Labute approximate surface area is 74.9 Å². The molecule has 1 aliphatic heterocycles. The van der Waals surface area contributed by atoms with Crippen molar-refractivity contribution in [2.45, 2.75) is 18.8 Å². The van der Waals surface area contributed by atoms with Crippen molar-refractivity contribution in [2.75, 3.05) is 13.2 Å². The van der Waals surface area contributed by atoms with Gasteiger partial charge in [-0.15, -0.1) is 5.10 Å². The summed E-state index contributed by atoms with van der Waals surface area (Å²) in [5.41, 5.74) is 0. The van der Waals surface area contributed by atoms with E-state index in [0.717, 1.165) is 19.4 Å². The summed E-state index contributed by atoms with van der Waals surface area (Å²) >= 11 is 5.50. The zero-order valence-electron chi connectivity index (χ0n) is 6.49. The number of hydrogen-bond acceptors (Lipinski definition) is 4. The molecule has 1 fully saturated rings. The van der Waals surface area contributed by atoms with Crippen molar-refractivity contribution in [1.29, 1.82) is 0 Å². The minimum absolute atomic E-state index is 0.107. The lowest BCUT2D eigenvalue weighted by atomic mass is 10.0. The number of rotatable bonds is 1. The van der Waals surface area contributed by atoms with Crippen LogP contribution in [0.3, 0.4) is 0 Å². The van der Waals surface area contributed by atoms with Gasteiger partial charge in [0, 0.05) is 6.61 Å². The molecule has 4 nitrogen and oxygen atoms in total. The number of hydrogen-bond donors (Lipinski definition) is 0. The second-order valence-electron chi connectivity index (χ2n) is 2.81. The summed E-state index contributed by atoms with van der Waals surface area (Å²) < 4.78 is 10.4. The van der Waals surface area contributed by atoms with Crippen molar-refractivity contribution in [1.82, 2.24) is 10.2 Å². The molecule has 1 unspecified atom stereocenters. The minimum Gasteiger partial charge on any atom is -0.412 e. The van der Waals surface area contributed by atoms with Gasteiger partial charge in [-0.1, -0.05) is 5.10 Å². The molecule has 1 saturated heterocycles. The fourth-order valence-corrected chi connectivity index (χ4v) is 1.43. The van der Waals surface area contributed by atoms with Crippen molar-refractivity contribution in [3.63, 3.8) is 0 Å². The van der Waals surface area contributed by atoms with E-state index in [1.54, 1.807) is 0 Å². The summed E-state index contributed by atoms with van der Waals surface area (Å²) in [6, 6.07) is 0. The Hall–Kier alpha value is -0.610. The van der Waals surface area contributed by atoms with Crippen LogP contribution in [0.5, 0.6) is 0 Å². The van der Waals surface area contributed by atoms with Crippen LogP contribution in [-0.2, 0) is 4.74 Å². The van der Waals surface area contributed by atoms with Crippen LogP contribution in [0, 0.1) is 0 Å². The molecule has 0 saturated carbocycles. The number of nitrogens with zero attached hydrogens (tertiary/aromatic N) is 2. The Bertz CT molecular complexity index is 258. The fraction of sp³-hybridized carbons (Fsp3) is 0.714. The predicted octanol–water partition coefficient (Wildman–Crippen LogP) is 1.62. The van der Waals surface area contributed by atoms with Gasteiger partial charge in [0.1, 0.15) is 0 Å². The van der Waals surface area contributed by atoms with Gasteiger partial charge in [-0.25, -0.2) is 0 Å². The lowest BCUT2D eigenvalue weighted by Crippen LogP contribution is -2.15. The molecule has 0 amide bonds. The van der Waals surface area contributed by atoms with Crippen molar-refractivity contribution in [2.24, 2.45) is 0 Å². The molecule has 0 spiro atoms. The van der Waals surface area contributed by atoms with Gasteiger partial charge < -0.3 is 9.15 Å². The van der Waals surface area contributed by atoms with E-state index < -0.39 is 0 Å². The first kappa shape index (κ1) is 8.01. The third-order valence-corrected chi connectivity index (χ3v) is 2.08. The highest BCUT2D eigenvalue weighted by atomic mass is 35.5. The smallest absolute Gasteiger partial charge is 0.312 e. The van der Waals surface area contributed by atoms with Crippen LogP contribution >= 0.6 is 11.6 Å². The van der Waals surface area contributed by atoms with Gasteiger partial charge in [-0.3, -0.25) is 0 Å². The van der Waals surface area contributed by atoms with Gasteiger partial charge in [-0.2, -0.15) is 0 Å². The Morgan fingerprint density at radius 2 is 2.33 bits per heavy atom. The fourth-order valence-electron chi connectivity index (χ4n) is 1.32. The monoisotopic (exact) mass is 188 g/mol. The van der Waals surface area contributed by atoms with E-state index in [1.807, 2.05) is 0 Å². The maximum atomic E-state index is 5.50. The molecule has 0 aliphatic carbocycles. The molecule has 1 atom stereocenters. The van der Waals surface area contributed by atoms with Gasteiger partial charge in [-0.05, 0) is 24.4 Å². The van der Waals surface area contributed by atoms with Crippen LogP contribution in [0.4, 0.5) is 0 Å². The largest absolute Gasteiger partial charge is 0.412 e. The van der Waals surface area contributed by atoms with Crippen molar-refractivity contribution >= 4 is 11.6 Å². The SMILES string of the molecule is Clc1nnc(C2CCCOC2)o1. The van der Waals surface area contributed by atoms with Gasteiger partial charge in [0.15, 0.2) is 0 Å². The first-order valence-electron chi connectivity index (χ1n) is 3.93. The van der Waals surface area contributed by atoms with Crippen LogP contribution in [0.2, 0.25) is 5.35 Å². The molecule has 0 bridgehead atoms. The molecule has 2 heterocycles. The average Bonchev–Trinajstić information content (AvgIpc) is 2.54. The molecule has 0 aromatic carbocycles. The normalized spacial score (nSPS) is 24.2. The zero-order valence-corrected chi connectivity index (χ0v) is 7.25. The van der Waals surface area contributed by atoms with Crippen molar-refractivity contribution in [3.05, 3.63) is 11.2 Å². The molecule has 1 aliphatic rings. The van der Waals surface area contributed by atoms with Crippen LogP contribution in [0.1, 0.15) is 24.7 Å². The van der Waals surface area contributed by atoms with E-state index in [0.29, 0.717) is 12.5 Å². The van der Waals surface area contributed by atoms with Crippen molar-refractivity contribution < 1.29 is 9.15 Å². The van der Waals surface area contributed by atoms with E-state index in [4.69, 9.17) is 20.8 Å². The minimum atomic E-state index is 0.107. The summed E-state index contributed by atoms with van der Waals surface area (Å²) in [6.07, 6.45) is 2.09. The highest BCUT2D eigenvalue weighted by molar-refractivity contribution is 6.27. The van der Waals surface area contributed by atoms with Crippen LogP contribution in [0.15, 0.2) is 4.42 Å². The molecule has 66 valence electrons. The zero-order chi connectivity index (χ0) is 8.39. The highest BCUT2D eigenvalue weighted by Gasteiger charge is 2.21. The molecule has 1 aromatic heterocycles.